The Labute approximate surface area is 155 Å². The van der Waals surface area contributed by atoms with E-state index in [-0.39, 0.29) is 16.2 Å². The molecule has 0 saturated carbocycles. The first kappa shape index (κ1) is 19.6. The molecule has 0 spiro atoms. The zero-order valence-electron chi connectivity index (χ0n) is 15.0. The molecule has 0 atom stereocenters. The number of aromatic nitrogens is 1. The highest BCUT2D eigenvalue weighted by atomic mass is 32.1. The van der Waals surface area contributed by atoms with Crippen LogP contribution in [0.25, 0.3) is 0 Å². The SMILES string of the molecule is CC(C)COc1cc(OC(C)C)cc(C(=O)Nc2ncc([N+](=O)[O-])s2)c1. The van der Waals surface area contributed by atoms with Crippen LogP contribution in [0.4, 0.5) is 10.1 Å². The predicted octanol–water partition coefficient (Wildman–Crippen LogP) is 4.13. The van der Waals surface area contributed by atoms with Crippen LogP contribution < -0.4 is 14.8 Å². The number of amides is 1. The molecular weight excluding hydrogens is 358 g/mol. The Morgan fingerprint density at radius 2 is 1.96 bits per heavy atom. The van der Waals surface area contributed by atoms with E-state index in [1.54, 1.807) is 18.2 Å². The van der Waals surface area contributed by atoms with Crippen LogP contribution >= 0.6 is 11.3 Å². The van der Waals surface area contributed by atoms with Gasteiger partial charge in [0.15, 0.2) is 5.13 Å². The molecular formula is C17H21N3O5S. The molecule has 0 unspecified atom stereocenters. The molecule has 0 radical (unpaired) electrons. The maximum Gasteiger partial charge on any atom is 0.345 e. The fourth-order valence-electron chi connectivity index (χ4n) is 1.97. The summed E-state index contributed by atoms with van der Waals surface area (Å²) in [5, 5.41) is 13.3. The molecule has 0 aliphatic heterocycles. The van der Waals surface area contributed by atoms with E-state index in [0.717, 1.165) is 17.5 Å². The summed E-state index contributed by atoms with van der Waals surface area (Å²) in [6.45, 7) is 8.33. The highest BCUT2D eigenvalue weighted by Crippen LogP contribution is 2.28. The van der Waals surface area contributed by atoms with Gasteiger partial charge in [-0.3, -0.25) is 20.2 Å². The van der Waals surface area contributed by atoms with E-state index < -0.39 is 10.8 Å². The van der Waals surface area contributed by atoms with Crippen molar-refractivity contribution in [3.63, 3.8) is 0 Å². The summed E-state index contributed by atoms with van der Waals surface area (Å²) in [5.41, 5.74) is 0.319. The summed E-state index contributed by atoms with van der Waals surface area (Å²) in [7, 11) is 0. The third-order valence-electron chi connectivity index (χ3n) is 2.99. The number of carbonyl (C=O) groups excluding carboxylic acids is 1. The van der Waals surface area contributed by atoms with Gasteiger partial charge in [-0.1, -0.05) is 13.8 Å². The molecule has 0 saturated heterocycles. The largest absolute Gasteiger partial charge is 0.493 e. The van der Waals surface area contributed by atoms with Gasteiger partial charge in [0.2, 0.25) is 0 Å². The number of hydrogen-bond donors (Lipinski definition) is 1. The second-order valence-electron chi connectivity index (χ2n) is 6.28. The molecule has 1 aromatic heterocycles. The van der Waals surface area contributed by atoms with Gasteiger partial charge in [-0.05, 0) is 43.2 Å². The van der Waals surface area contributed by atoms with Crippen LogP contribution in [0.15, 0.2) is 24.4 Å². The minimum atomic E-state index is -0.553. The molecule has 140 valence electrons. The van der Waals surface area contributed by atoms with Gasteiger partial charge < -0.3 is 9.47 Å². The number of benzene rings is 1. The van der Waals surface area contributed by atoms with Crippen molar-refractivity contribution in [1.82, 2.24) is 4.98 Å². The molecule has 26 heavy (non-hydrogen) atoms. The number of hydrogen-bond acceptors (Lipinski definition) is 7. The smallest absolute Gasteiger partial charge is 0.345 e. The second-order valence-corrected chi connectivity index (χ2v) is 7.29. The van der Waals surface area contributed by atoms with E-state index in [0.29, 0.717) is 29.6 Å². The molecule has 0 bridgehead atoms. The molecule has 1 heterocycles. The van der Waals surface area contributed by atoms with Crippen molar-refractivity contribution in [2.24, 2.45) is 5.92 Å². The van der Waals surface area contributed by atoms with Gasteiger partial charge in [-0.2, -0.15) is 0 Å². The monoisotopic (exact) mass is 379 g/mol. The lowest BCUT2D eigenvalue weighted by molar-refractivity contribution is -0.380. The molecule has 2 rings (SSSR count). The maximum absolute atomic E-state index is 12.5. The van der Waals surface area contributed by atoms with Crippen LogP contribution in [0.5, 0.6) is 11.5 Å². The minimum Gasteiger partial charge on any atom is -0.493 e. The van der Waals surface area contributed by atoms with E-state index >= 15 is 0 Å². The zero-order chi connectivity index (χ0) is 19.3. The lowest BCUT2D eigenvalue weighted by Crippen LogP contribution is -2.13. The number of thiazole rings is 1. The zero-order valence-corrected chi connectivity index (χ0v) is 15.8. The Hall–Kier alpha value is -2.68. The van der Waals surface area contributed by atoms with Crippen LogP contribution in [0.1, 0.15) is 38.1 Å². The quantitative estimate of drug-likeness (QED) is 0.546. The first-order chi connectivity index (χ1) is 12.2. The molecule has 1 amide bonds. The molecule has 1 N–H and O–H groups in total. The van der Waals surface area contributed by atoms with Gasteiger partial charge in [0.25, 0.3) is 5.91 Å². The van der Waals surface area contributed by atoms with Crippen molar-refractivity contribution in [2.45, 2.75) is 33.8 Å². The molecule has 8 nitrogen and oxygen atoms in total. The Bertz CT molecular complexity index is 788. The van der Waals surface area contributed by atoms with Gasteiger partial charge in [-0.15, -0.1) is 0 Å². The van der Waals surface area contributed by atoms with Gasteiger partial charge >= 0.3 is 5.00 Å². The van der Waals surface area contributed by atoms with E-state index in [2.05, 4.69) is 10.3 Å². The fourth-order valence-corrected chi connectivity index (χ4v) is 2.59. The number of carbonyl (C=O) groups is 1. The second kappa shape index (κ2) is 8.61. The van der Waals surface area contributed by atoms with E-state index in [4.69, 9.17) is 9.47 Å². The Morgan fingerprint density at radius 1 is 1.27 bits per heavy atom. The molecule has 2 aromatic rings. The molecule has 0 aliphatic carbocycles. The minimum absolute atomic E-state index is 0.0622. The number of anilines is 1. The third kappa shape index (κ3) is 5.69. The molecule has 9 heteroatoms. The number of nitrogens with one attached hydrogen (secondary N) is 1. The standard InChI is InChI=1S/C17H21N3O5S/c1-10(2)9-24-13-5-12(6-14(7-13)25-11(3)4)16(21)19-17-18-8-15(26-17)20(22)23/h5-8,10-11H,9H2,1-4H3,(H,18,19,21). The molecule has 0 fully saturated rings. The summed E-state index contributed by atoms with van der Waals surface area (Å²) in [6, 6.07) is 4.93. The lowest BCUT2D eigenvalue weighted by Gasteiger charge is -2.14. The maximum atomic E-state index is 12.5. The Balaban J connectivity index is 2.22. The highest BCUT2D eigenvalue weighted by Gasteiger charge is 2.16. The average molecular weight is 379 g/mol. The normalized spacial score (nSPS) is 10.8. The third-order valence-corrected chi connectivity index (χ3v) is 3.86. The highest BCUT2D eigenvalue weighted by molar-refractivity contribution is 7.18. The first-order valence-corrected chi connectivity index (χ1v) is 8.92. The van der Waals surface area contributed by atoms with Crippen LogP contribution in [0.3, 0.4) is 0 Å². The Kier molecular flexibility index (Phi) is 6.51. The summed E-state index contributed by atoms with van der Waals surface area (Å²) in [5.74, 6) is 0.916. The first-order valence-electron chi connectivity index (χ1n) is 8.10. The van der Waals surface area contributed by atoms with Crippen LogP contribution in [0, 0.1) is 16.0 Å². The number of ether oxygens (including phenoxy) is 2. The van der Waals surface area contributed by atoms with Crippen LogP contribution in [-0.4, -0.2) is 28.5 Å². The van der Waals surface area contributed by atoms with Crippen molar-refractivity contribution in [2.75, 3.05) is 11.9 Å². The van der Waals surface area contributed by atoms with Crippen molar-refractivity contribution in [1.29, 1.82) is 0 Å². The lowest BCUT2D eigenvalue weighted by atomic mass is 10.2. The van der Waals surface area contributed by atoms with E-state index in [1.807, 2.05) is 27.7 Å². The summed E-state index contributed by atoms with van der Waals surface area (Å²) < 4.78 is 11.4. The summed E-state index contributed by atoms with van der Waals surface area (Å²) in [6.07, 6.45) is 1.04. The number of nitrogens with zero attached hydrogens (tertiary/aromatic N) is 2. The van der Waals surface area contributed by atoms with E-state index in [9.17, 15) is 14.9 Å². The van der Waals surface area contributed by atoms with Gasteiger partial charge in [-0.25, -0.2) is 4.98 Å². The van der Waals surface area contributed by atoms with Crippen LogP contribution in [0.2, 0.25) is 0 Å². The van der Waals surface area contributed by atoms with Gasteiger partial charge in [0.1, 0.15) is 17.7 Å². The summed E-state index contributed by atoms with van der Waals surface area (Å²) in [4.78, 5) is 26.5. The van der Waals surface area contributed by atoms with Gasteiger partial charge in [0, 0.05) is 11.6 Å². The number of nitro groups is 1. The number of rotatable bonds is 8. The molecule has 0 aliphatic rings. The topological polar surface area (TPSA) is 104 Å². The summed E-state index contributed by atoms with van der Waals surface area (Å²) >= 11 is 0.793. The molecule has 1 aromatic carbocycles. The Morgan fingerprint density at radius 3 is 2.54 bits per heavy atom. The average Bonchev–Trinajstić information content (AvgIpc) is 3.01. The van der Waals surface area contributed by atoms with Gasteiger partial charge in [0.05, 0.1) is 17.6 Å². The fraction of sp³-hybridized carbons (Fsp3) is 0.412. The predicted molar refractivity (Wildman–Crippen MR) is 99.3 cm³/mol. The van der Waals surface area contributed by atoms with Crippen molar-refractivity contribution >= 4 is 27.4 Å². The van der Waals surface area contributed by atoms with E-state index in [1.165, 1.54) is 0 Å². The van der Waals surface area contributed by atoms with Crippen molar-refractivity contribution in [3.05, 3.63) is 40.1 Å². The van der Waals surface area contributed by atoms with Crippen LogP contribution in [-0.2, 0) is 0 Å². The van der Waals surface area contributed by atoms with Crippen molar-refractivity contribution in [3.8, 4) is 11.5 Å². The van der Waals surface area contributed by atoms with Crippen molar-refractivity contribution < 1.29 is 19.2 Å².